The lowest BCUT2D eigenvalue weighted by molar-refractivity contribution is -0.167. The fraction of sp³-hybridized carbons (Fsp3) is 0.660. The van der Waals surface area contributed by atoms with Crippen LogP contribution in [0.25, 0.3) is 0 Å². The Balaban J connectivity index is 4.43. The monoisotopic (exact) mass is 779 g/mol. The second-order valence-corrected chi connectivity index (χ2v) is 14.6. The summed E-state index contributed by atoms with van der Waals surface area (Å²) in [6.07, 6.45) is 55.9. The molecule has 56 heavy (non-hydrogen) atoms. The molecular formula is C50H82O6. The van der Waals surface area contributed by atoms with Gasteiger partial charge in [0.05, 0.1) is 0 Å². The zero-order chi connectivity index (χ0) is 40.8. The fourth-order valence-electron chi connectivity index (χ4n) is 5.79. The van der Waals surface area contributed by atoms with Crippen LogP contribution in [-0.4, -0.2) is 37.2 Å². The average molecular weight is 779 g/mol. The van der Waals surface area contributed by atoms with Crippen LogP contribution in [0, 0.1) is 0 Å². The minimum Gasteiger partial charge on any atom is -0.462 e. The predicted molar refractivity (Wildman–Crippen MR) is 237 cm³/mol. The summed E-state index contributed by atoms with van der Waals surface area (Å²) in [4.78, 5) is 37.6. The molecule has 0 fully saturated rings. The molecule has 6 nitrogen and oxygen atoms in total. The molecule has 0 rings (SSSR count). The first-order valence-electron chi connectivity index (χ1n) is 22.6. The van der Waals surface area contributed by atoms with Gasteiger partial charge in [-0.25, -0.2) is 0 Å². The number of hydrogen-bond donors (Lipinski definition) is 0. The maximum absolute atomic E-state index is 12.6. The minimum atomic E-state index is -0.819. The molecule has 0 aromatic heterocycles. The molecule has 0 radical (unpaired) electrons. The van der Waals surface area contributed by atoms with Gasteiger partial charge >= 0.3 is 17.9 Å². The Hall–Kier alpha value is -3.41. The van der Waals surface area contributed by atoms with Gasteiger partial charge < -0.3 is 14.2 Å². The number of carbonyl (C=O) groups is 3. The van der Waals surface area contributed by atoms with Gasteiger partial charge in [-0.15, -0.1) is 0 Å². The van der Waals surface area contributed by atoms with Crippen molar-refractivity contribution < 1.29 is 28.6 Å². The van der Waals surface area contributed by atoms with Gasteiger partial charge in [0.1, 0.15) is 13.2 Å². The lowest BCUT2D eigenvalue weighted by atomic mass is 10.1. The highest BCUT2D eigenvalue weighted by Gasteiger charge is 2.19. The zero-order valence-electron chi connectivity index (χ0n) is 36.1. The van der Waals surface area contributed by atoms with Crippen molar-refractivity contribution in [2.75, 3.05) is 13.2 Å². The first-order chi connectivity index (χ1) is 27.5. The van der Waals surface area contributed by atoms with Gasteiger partial charge in [0.2, 0.25) is 0 Å². The molecule has 0 saturated carbocycles. The molecule has 0 N–H and O–H groups in total. The number of esters is 3. The van der Waals surface area contributed by atoms with E-state index >= 15 is 0 Å². The quantitative estimate of drug-likeness (QED) is 0.0203. The van der Waals surface area contributed by atoms with Gasteiger partial charge in [-0.1, -0.05) is 164 Å². The third kappa shape index (κ3) is 41.7. The normalized spacial score (nSPS) is 12.8. The number of allylic oxidation sites excluding steroid dienone is 14. The topological polar surface area (TPSA) is 78.9 Å². The highest BCUT2D eigenvalue weighted by molar-refractivity contribution is 5.71. The summed E-state index contributed by atoms with van der Waals surface area (Å²) < 4.78 is 16.6. The summed E-state index contributed by atoms with van der Waals surface area (Å²) in [5.74, 6) is -1.03. The zero-order valence-corrected chi connectivity index (χ0v) is 36.1. The van der Waals surface area contributed by atoms with Crippen LogP contribution in [0.15, 0.2) is 85.1 Å². The van der Waals surface area contributed by atoms with Crippen LogP contribution in [0.2, 0.25) is 0 Å². The molecule has 1 unspecified atom stereocenters. The molecule has 318 valence electrons. The van der Waals surface area contributed by atoms with Crippen LogP contribution in [0.3, 0.4) is 0 Å². The largest absolute Gasteiger partial charge is 0.462 e. The summed E-state index contributed by atoms with van der Waals surface area (Å²) in [5, 5.41) is 0. The predicted octanol–water partition coefficient (Wildman–Crippen LogP) is 14.5. The van der Waals surface area contributed by atoms with Crippen molar-refractivity contribution in [1.29, 1.82) is 0 Å². The Labute approximate surface area is 344 Å². The number of hydrogen-bond acceptors (Lipinski definition) is 6. The van der Waals surface area contributed by atoms with Crippen molar-refractivity contribution in [3.8, 4) is 0 Å². The first-order valence-corrected chi connectivity index (χ1v) is 22.6. The maximum atomic E-state index is 12.6. The van der Waals surface area contributed by atoms with E-state index in [9.17, 15) is 14.4 Å². The maximum Gasteiger partial charge on any atom is 0.306 e. The highest BCUT2D eigenvalue weighted by Crippen LogP contribution is 2.12. The molecular weight excluding hydrogens is 697 g/mol. The Morgan fingerprint density at radius 2 is 0.768 bits per heavy atom. The third-order valence-corrected chi connectivity index (χ3v) is 9.14. The second kappa shape index (κ2) is 44.3. The van der Waals surface area contributed by atoms with Gasteiger partial charge in [0.15, 0.2) is 6.10 Å². The standard InChI is InChI=1S/C50H82O6/c1-4-7-10-13-16-19-21-22-23-24-25-26-27-29-31-34-37-40-43-49(52)55-46-47(45-54-48(51)42-39-36-33-30-18-15-12-9-6-3)56-50(53)44-41-38-35-32-28-20-17-14-11-8-5-2/h8-9,11-12,17-18,20,23-26,30,32,35,47H,4-7,10,13-16,19,21-22,27-29,31,33-34,36-46H2,1-3H3/b11-8-,12-9-,20-17-,24-23-,26-25-,30-18-,35-32-. The molecule has 0 aliphatic heterocycles. The van der Waals surface area contributed by atoms with E-state index in [1.165, 1.54) is 51.4 Å². The highest BCUT2D eigenvalue weighted by atomic mass is 16.6. The van der Waals surface area contributed by atoms with Crippen LogP contribution in [0.4, 0.5) is 0 Å². The number of rotatable bonds is 39. The van der Waals surface area contributed by atoms with E-state index in [-0.39, 0.29) is 37.5 Å². The smallest absolute Gasteiger partial charge is 0.306 e. The summed E-state index contributed by atoms with van der Waals surface area (Å²) >= 11 is 0. The molecule has 0 amide bonds. The van der Waals surface area contributed by atoms with Crippen molar-refractivity contribution in [3.05, 3.63) is 85.1 Å². The molecule has 0 spiro atoms. The Morgan fingerprint density at radius 3 is 1.29 bits per heavy atom. The lowest BCUT2D eigenvalue weighted by Gasteiger charge is -2.18. The second-order valence-electron chi connectivity index (χ2n) is 14.6. The van der Waals surface area contributed by atoms with Crippen molar-refractivity contribution in [1.82, 2.24) is 0 Å². The molecule has 6 heteroatoms. The molecule has 0 bridgehead atoms. The molecule has 0 aromatic carbocycles. The third-order valence-electron chi connectivity index (χ3n) is 9.14. The SMILES string of the molecule is CC/C=C\C/C=C\C/C=C\CCCC(=O)OC(COC(=O)CCCC/C=C\C/C=C\CC)COC(=O)CCCCCCC/C=C\C=C/CCCCCCCCC. The molecule has 0 heterocycles. The number of ether oxygens (including phenoxy) is 3. The molecule has 0 aliphatic carbocycles. The van der Waals surface area contributed by atoms with Crippen LogP contribution in [0.1, 0.15) is 194 Å². The van der Waals surface area contributed by atoms with Crippen molar-refractivity contribution in [2.24, 2.45) is 0 Å². The molecule has 0 aliphatic rings. The van der Waals surface area contributed by atoms with Gasteiger partial charge in [-0.2, -0.15) is 0 Å². The number of carbonyl (C=O) groups excluding carboxylic acids is 3. The van der Waals surface area contributed by atoms with E-state index in [0.717, 1.165) is 96.3 Å². The lowest BCUT2D eigenvalue weighted by Crippen LogP contribution is -2.30. The first kappa shape index (κ1) is 52.6. The van der Waals surface area contributed by atoms with Gasteiger partial charge in [0, 0.05) is 19.3 Å². The van der Waals surface area contributed by atoms with Gasteiger partial charge in [-0.05, 0) is 96.3 Å². The van der Waals surface area contributed by atoms with Crippen LogP contribution in [0.5, 0.6) is 0 Å². The summed E-state index contributed by atoms with van der Waals surface area (Å²) in [5.41, 5.74) is 0. The molecule has 0 aromatic rings. The van der Waals surface area contributed by atoms with E-state index in [1.807, 2.05) is 0 Å². The Kier molecular flexibility index (Phi) is 41.6. The average Bonchev–Trinajstić information content (AvgIpc) is 3.19. The van der Waals surface area contributed by atoms with Gasteiger partial charge in [0.25, 0.3) is 0 Å². The van der Waals surface area contributed by atoms with Crippen molar-refractivity contribution in [3.63, 3.8) is 0 Å². The van der Waals surface area contributed by atoms with E-state index in [4.69, 9.17) is 14.2 Å². The summed E-state index contributed by atoms with van der Waals surface area (Å²) in [7, 11) is 0. The Bertz CT molecular complexity index is 1120. The van der Waals surface area contributed by atoms with Crippen molar-refractivity contribution >= 4 is 17.9 Å². The van der Waals surface area contributed by atoms with Crippen molar-refractivity contribution in [2.45, 2.75) is 200 Å². The van der Waals surface area contributed by atoms with E-state index in [2.05, 4.69) is 106 Å². The number of unbranched alkanes of at least 4 members (excludes halogenated alkanes) is 15. The summed E-state index contributed by atoms with van der Waals surface area (Å²) in [6.45, 7) is 6.27. The van der Waals surface area contributed by atoms with E-state index in [0.29, 0.717) is 19.3 Å². The van der Waals surface area contributed by atoms with Crippen LogP contribution < -0.4 is 0 Å². The fourth-order valence-corrected chi connectivity index (χ4v) is 5.79. The van der Waals surface area contributed by atoms with Crippen LogP contribution in [-0.2, 0) is 28.6 Å². The summed E-state index contributed by atoms with van der Waals surface area (Å²) in [6, 6.07) is 0. The van der Waals surface area contributed by atoms with Crippen LogP contribution >= 0.6 is 0 Å². The van der Waals surface area contributed by atoms with E-state index < -0.39 is 6.10 Å². The Morgan fingerprint density at radius 1 is 0.393 bits per heavy atom. The van der Waals surface area contributed by atoms with Gasteiger partial charge in [-0.3, -0.25) is 14.4 Å². The molecule has 0 saturated heterocycles. The van der Waals surface area contributed by atoms with E-state index in [1.54, 1.807) is 0 Å². The minimum absolute atomic E-state index is 0.116. The molecule has 1 atom stereocenters.